The summed E-state index contributed by atoms with van der Waals surface area (Å²) in [6.07, 6.45) is 2.17. The van der Waals surface area contributed by atoms with Gasteiger partial charge in [0, 0.05) is 16.5 Å². The van der Waals surface area contributed by atoms with Gasteiger partial charge < -0.3 is 5.32 Å². The minimum atomic E-state index is -0.748. The van der Waals surface area contributed by atoms with Crippen molar-refractivity contribution in [2.45, 2.75) is 6.04 Å². The summed E-state index contributed by atoms with van der Waals surface area (Å²) < 4.78 is 40.4. The van der Waals surface area contributed by atoms with Crippen molar-refractivity contribution >= 4 is 23.3 Å². The number of halogens is 3. The van der Waals surface area contributed by atoms with E-state index in [-0.39, 0.29) is 11.4 Å². The van der Waals surface area contributed by atoms with Gasteiger partial charge >= 0.3 is 0 Å². The highest BCUT2D eigenvalue weighted by Gasteiger charge is 2.17. The van der Waals surface area contributed by atoms with Crippen molar-refractivity contribution in [1.29, 1.82) is 0 Å². The second kappa shape index (κ2) is 8.01. The molecule has 0 spiro atoms. The average Bonchev–Trinajstić information content (AvgIpc) is 3.14. The molecule has 0 saturated carbocycles. The minimum absolute atomic E-state index is 0.280. The summed E-state index contributed by atoms with van der Waals surface area (Å²) >= 11 is 1.44. The normalized spacial score (nSPS) is 12.3. The van der Waals surface area contributed by atoms with Crippen LogP contribution in [-0.2, 0) is 4.79 Å². The highest BCUT2D eigenvalue weighted by molar-refractivity contribution is 7.10. The van der Waals surface area contributed by atoms with Gasteiger partial charge in [-0.15, -0.1) is 11.3 Å². The highest BCUT2D eigenvalue weighted by Crippen LogP contribution is 2.26. The largest absolute Gasteiger partial charge is 0.341 e. The first kappa shape index (κ1) is 17.9. The summed E-state index contributed by atoms with van der Waals surface area (Å²) in [4.78, 5) is 13.1. The molecule has 0 aliphatic rings. The molecule has 6 heteroatoms. The van der Waals surface area contributed by atoms with E-state index >= 15 is 0 Å². The molecule has 0 aliphatic carbocycles. The third kappa shape index (κ3) is 4.21. The van der Waals surface area contributed by atoms with Crippen LogP contribution in [0.1, 0.15) is 22.0 Å². The van der Waals surface area contributed by atoms with Crippen LogP contribution >= 0.6 is 11.3 Å². The number of benzene rings is 2. The van der Waals surface area contributed by atoms with Crippen LogP contribution in [0.2, 0.25) is 0 Å². The molecule has 3 aromatic rings. The van der Waals surface area contributed by atoms with E-state index < -0.39 is 23.6 Å². The number of rotatable bonds is 5. The summed E-state index contributed by atoms with van der Waals surface area (Å²) in [5, 5.41) is 4.65. The minimum Gasteiger partial charge on any atom is -0.341 e. The van der Waals surface area contributed by atoms with E-state index in [1.807, 2.05) is 17.5 Å². The molecule has 1 heterocycles. The van der Waals surface area contributed by atoms with Gasteiger partial charge in [0.1, 0.15) is 17.5 Å². The zero-order valence-corrected chi connectivity index (χ0v) is 14.3. The molecule has 0 unspecified atom stereocenters. The first-order valence-corrected chi connectivity index (χ1v) is 8.64. The van der Waals surface area contributed by atoms with Crippen LogP contribution in [0.4, 0.5) is 13.2 Å². The Hall–Kier alpha value is -2.86. The van der Waals surface area contributed by atoms with Crippen molar-refractivity contribution in [3.05, 3.63) is 99.5 Å². The van der Waals surface area contributed by atoms with E-state index in [1.54, 1.807) is 12.1 Å². The monoisotopic (exact) mass is 373 g/mol. The smallest absolute Gasteiger partial charge is 0.244 e. The van der Waals surface area contributed by atoms with Crippen molar-refractivity contribution in [2.24, 2.45) is 0 Å². The Morgan fingerprint density at radius 1 is 0.962 bits per heavy atom. The number of carbonyl (C=O) groups is 1. The quantitative estimate of drug-likeness (QED) is 0.621. The molecule has 0 saturated heterocycles. The van der Waals surface area contributed by atoms with E-state index in [2.05, 4.69) is 5.32 Å². The predicted octanol–water partition coefficient (Wildman–Crippen LogP) is 5.08. The molecule has 132 valence electrons. The number of hydrogen-bond acceptors (Lipinski definition) is 2. The number of amides is 1. The van der Waals surface area contributed by atoms with Crippen LogP contribution in [0.15, 0.2) is 66.1 Å². The van der Waals surface area contributed by atoms with Gasteiger partial charge in [-0.25, -0.2) is 13.2 Å². The topological polar surface area (TPSA) is 29.1 Å². The van der Waals surface area contributed by atoms with Crippen molar-refractivity contribution in [2.75, 3.05) is 0 Å². The van der Waals surface area contributed by atoms with Crippen LogP contribution in [-0.4, -0.2) is 5.91 Å². The SMILES string of the molecule is O=C(/C=C\c1c(F)cccc1F)N[C@@H](c1ccc(F)cc1)c1cccs1. The summed E-state index contributed by atoms with van der Waals surface area (Å²) in [5.74, 6) is -2.39. The Balaban J connectivity index is 1.82. The number of thiophene rings is 1. The lowest BCUT2D eigenvalue weighted by molar-refractivity contribution is -0.116. The lowest BCUT2D eigenvalue weighted by atomic mass is 10.1. The lowest BCUT2D eigenvalue weighted by Gasteiger charge is -2.17. The van der Waals surface area contributed by atoms with Crippen molar-refractivity contribution in [3.63, 3.8) is 0 Å². The molecular formula is C20H14F3NOS. The van der Waals surface area contributed by atoms with Gasteiger partial charge in [-0.1, -0.05) is 24.3 Å². The molecule has 0 aliphatic heterocycles. The van der Waals surface area contributed by atoms with E-state index in [0.717, 1.165) is 29.2 Å². The number of hydrogen-bond donors (Lipinski definition) is 1. The molecule has 0 bridgehead atoms. The Kier molecular flexibility index (Phi) is 5.53. The third-order valence-electron chi connectivity index (χ3n) is 3.72. The van der Waals surface area contributed by atoms with Crippen molar-refractivity contribution in [1.82, 2.24) is 5.32 Å². The molecule has 0 radical (unpaired) electrons. The maximum atomic E-state index is 13.6. The molecule has 1 atom stereocenters. The first-order chi connectivity index (χ1) is 12.5. The zero-order valence-electron chi connectivity index (χ0n) is 13.5. The van der Waals surface area contributed by atoms with Gasteiger partial charge in [0.25, 0.3) is 0 Å². The van der Waals surface area contributed by atoms with Gasteiger partial charge in [-0.05, 0) is 47.4 Å². The summed E-state index contributed by atoms with van der Waals surface area (Å²) in [7, 11) is 0. The standard InChI is InChI=1S/C20H14F3NOS/c21-14-8-6-13(7-9-14)20(18-5-2-12-26-18)24-19(25)11-10-15-16(22)3-1-4-17(15)23/h1-12,20H,(H,24,25)/b11-10-/t20-/m0/s1. The lowest BCUT2D eigenvalue weighted by Crippen LogP contribution is -2.27. The van der Waals surface area contributed by atoms with Gasteiger partial charge in [-0.2, -0.15) is 0 Å². The van der Waals surface area contributed by atoms with Gasteiger partial charge in [-0.3, -0.25) is 4.79 Å². The molecule has 1 aromatic heterocycles. The highest BCUT2D eigenvalue weighted by atomic mass is 32.1. The maximum Gasteiger partial charge on any atom is 0.244 e. The van der Waals surface area contributed by atoms with Crippen LogP contribution in [0.5, 0.6) is 0 Å². The zero-order chi connectivity index (χ0) is 18.5. The van der Waals surface area contributed by atoms with Crippen molar-refractivity contribution in [3.8, 4) is 0 Å². The predicted molar refractivity (Wildman–Crippen MR) is 96.1 cm³/mol. The molecule has 0 fully saturated rings. The van der Waals surface area contributed by atoms with Gasteiger partial charge in [0.05, 0.1) is 6.04 Å². The van der Waals surface area contributed by atoms with Crippen LogP contribution in [0.3, 0.4) is 0 Å². The van der Waals surface area contributed by atoms with Crippen molar-refractivity contribution < 1.29 is 18.0 Å². The van der Waals surface area contributed by atoms with Crippen LogP contribution < -0.4 is 5.32 Å². The molecular weight excluding hydrogens is 359 g/mol. The second-order valence-electron chi connectivity index (χ2n) is 5.48. The van der Waals surface area contributed by atoms with Crippen LogP contribution in [0, 0.1) is 17.5 Å². The van der Waals surface area contributed by atoms with Gasteiger partial charge in [0.2, 0.25) is 5.91 Å². The third-order valence-corrected chi connectivity index (χ3v) is 4.66. The summed E-state index contributed by atoms with van der Waals surface area (Å²) in [6.45, 7) is 0. The fourth-order valence-electron chi connectivity index (χ4n) is 2.45. The summed E-state index contributed by atoms with van der Waals surface area (Å²) in [5.41, 5.74) is 0.421. The van der Waals surface area contributed by atoms with E-state index in [4.69, 9.17) is 0 Å². The number of carbonyl (C=O) groups excluding carboxylic acids is 1. The Morgan fingerprint density at radius 3 is 2.27 bits per heavy atom. The van der Waals surface area contributed by atoms with E-state index in [9.17, 15) is 18.0 Å². The van der Waals surface area contributed by atoms with Gasteiger partial charge in [0.15, 0.2) is 0 Å². The summed E-state index contributed by atoms with van der Waals surface area (Å²) in [6, 6.07) is 12.5. The molecule has 1 amide bonds. The Morgan fingerprint density at radius 2 is 1.65 bits per heavy atom. The molecule has 3 rings (SSSR count). The van der Waals surface area contributed by atoms with E-state index in [1.165, 1.54) is 29.5 Å². The Labute approximate surface area is 152 Å². The fourth-order valence-corrected chi connectivity index (χ4v) is 3.25. The first-order valence-electron chi connectivity index (χ1n) is 7.76. The average molecular weight is 373 g/mol. The molecule has 2 aromatic carbocycles. The van der Waals surface area contributed by atoms with E-state index in [0.29, 0.717) is 5.56 Å². The van der Waals surface area contributed by atoms with Crippen LogP contribution in [0.25, 0.3) is 6.08 Å². The maximum absolute atomic E-state index is 13.6. The Bertz CT molecular complexity index is 900. The molecule has 1 N–H and O–H groups in total. The molecule has 26 heavy (non-hydrogen) atoms. The second-order valence-corrected chi connectivity index (χ2v) is 6.46. The fraction of sp³-hybridized carbons (Fsp3) is 0.0500. The molecule has 2 nitrogen and oxygen atoms in total. The number of nitrogens with one attached hydrogen (secondary N) is 1.